The Hall–Kier alpha value is 1.36. The Kier molecular flexibility index (Phi) is 6.66. The average Bonchev–Trinajstić information content (AvgIpc) is 2.69. The van der Waals surface area contributed by atoms with Gasteiger partial charge >= 0.3 is 130 Å². The predicted molar refractivity (Wildman–Crippen MR) is 76.3 cm³/mol. The van der Waals surface area contributed by atoms with Crippen LogP contribution < -0.4 is 0 Å². The fourth-order valence-electron chi connectivity index (χ4n) is 2.20. The summed E-state index contributed by atoms with van der Waals surface area (Å²) in [5, 5.41) is 0.269. The van der Waals surface area contributed by atoms with Gasteiger partial charge in [-0.2, -0.15) is 0 Å². The van der Waals surface area contributed by atoms with Crippen molar-refractivity contribution in [3.63, 3.8) is 0 Å². The van der Waals surface area contributed by atoms with E-state index in [0.29, 0.717) is 9.53 Å². The first kappa shape index (κ1) is 17.4. The fraction of sp³-hybridized carbons (Fsp3) is 1.00. The molecule has 0 aliphatic carbocycles. The molecule has 0 aromatic heterocycles. The maximum atomic E-state index is 6.50. The third-order valence-electron chi connectivity index (χ3n) is 4.51. The van der Waals surface area contributed by atoms with Crippen LogP contribution in [0.2, 0.25) is 21.6 Å². The van der Waals surface area contributed by atoms with E-state index >= 15 is 0 Å². The Labute approximate surface area is 129 Å². The molecule has 0 bridgehead atoms. The van der Waals surface area contributed by atoms with E-state index in [1.807, 2.05) is 0 Å². The molecular weight excluding hydrogens is 452 g/mol. The summed E-state index contributed by atoms with van der Waals surface area (Å²) in [5.74, 6) is 0. The van der Waals surface area contributed by atoms with Crippen LogP contribution in [0.25, 0.3) is 0 Å². The molecule has 1 fully saturated rings. The van der Waals surface area contributed by atoms with Crippen LogP contribution in [0.5, 0.6) is 0 Å². The van der Waals surface area contributed by atoms with Crippen molar-refractivity contribution in [2.24, 2.45) is 0 Å². The van der Waals surface area contributed by atoms with Gasteiger partial charge in [0.1, 0.15) is 0 Å². The topological polar surface area (TPSA) is 18.5 Å². The third kappa shape index (κ3) is 4.44. The molecule has 1 heterocycles. The van der Waals surface area contributed by atoms with Gasteiger partial charge in [-0.3, -0.25) is 0 Å². The second-order valence-corrected chi connectivity index (χ2v) is 19.3. The van der Waals surface area contributed by atoms with Crippen LogP contribution >= 0.6 is 8.25 Å². The SMILES string of the molecule is C[C@H](O[Si](C)(C)C(C)(C)C)[C@@H]([Hg][Cl])[C@H]1CCCO1. The predicted octanol–water partition coefficient (Wildman–Crippen LogP) is 4.60. The van der Waals surface area contributed by atoms with Gasteiger partial charge in [0.25, 0.3) is 0 Å². The summed E-state index contributed by atoms with van der Waals surface area (Å²) in [6, 6.07) is 0. The Morgan fingerprint density at radius 2 is 2.00 bits per heavy atom. The zero-order valence-electron chi connectivity index (χ0n) is 12.8. The molecule has 18 heavy (non-hydrogen) atoms. The van der Waals surface area contributed by atoms with E-state index in [-0.39, 0.29) is 11.1 Å². The second-order valence-electron chi connectivity index (χ2n) is 6.95. The van der Waals surface area contributed by atoms with Gasteiger partial charge in [0.2, 0.25) is 0 Å². The second kappa shape index (κ2) is 6.88. The molecule has 5 heteroatoms. The molecule has 1 rings (SSSR count). The van der Waals surface area contributed by atoms with Crippen molar-refractivity contribution in [1.29, 1.82) is 0 Å². The van der Waals surface area contributed by atoms with Gasteiger partial charge < -0.3 is 0 Å². The van der Waals surface area contributed by atoms with Gasteiger partial charge in [-0.15, -0.1) is 0 Å². The summed E-state index contributed by atoms with van der Waals surface area (Å²) in [7, 11) is 4.69. The van der Waals surface area contributed by atoms with E-state index < -0.39 is 31.7 Å². The molecule has 0 N–H and O–H groups in total. The Morgan fingerprint density at radius 3 is 2.39 bits per heavy atom. The zero-order chi connectivity index (χ0) is 14.0. The molecule has 3 atom stereocenters. The molecule has 0 amide bonds. The number of ether oxygens (including phenoxy) is 1. The van der Waals surface area contributed by atoms with Crippen LogP contribution in [0.4, 0.5) is 0 Å². The van der Waals surface area contributed by atoms with Crippen molar-refractivity contribution in [1.82, 2.24) is 0 Å². The normalized spacial score (nSPS) is 24.7. The standard InChI is InChI=1S/C13H27O2Si.ClH.Hg/c1-11(10-12-8-7-9-14-12)15-16(5,6)13(2,3)4;;/h10-12H,7-9H2,1-6H3;1H;/q;;+1/p-1/t11-,12+;;/m0../s1. The molecule has 0 aromatic carbocycles. The Bertz CT molecular complexity index is 262. The molecule has 0 saturated carbocycles. The molecule has 0 spiro atoms. The number of hydrogen-bond acceptors (Lipinski definition) is 2. The van der Waals surface area contributed by atoms with Crippen molar-refractivity contribution in [2.75, 3.05) is 6.61 Å². The first-order valence-electron chi connectivity index (χ1n) is 7.04. The molecule has 1 saturated heterocycles. The quantitative estimate of drug-likeness (QED) is 0.537. The summed E-state index contributed by atoms with van der Waals surface area (Å²) < 4.78 is 12.9. The van der Waals surface area contributed by atoms with Gasteiger partial charge in [0.05, 0.1) is 0 Å². The summed E-state index contributed by atoms with van der Waals surface area (Å²) in [6.07, 6.45) is 3.05. The molecule has 2 nitrogen and oxygen atoms in total. The third-order valence-corrected chi connectivity index (χ3v) is 18.2. The van der Waals surface area contributed by atoms with Crippen LogP contribution in [0.15, 0.2) is 0 Å². The van der Waals surface area contributed by atoms with Crippen LogP contribution in [-0.2, 0) is 32.5 Å². The van der Waals surface area contributed by atoms with Gasteiger partial charge in [-0.05, 0) is 0 Å². The molecule has 0 unspecified atom stereocenters. The van der Waals surface area contributed by atoms with Gasteiger partial charge in [0, 0.05) is 0 Å². The fourth-order valence-corrected chi connectivity index (χ4v) is 11.9. The number of hydrogen-bond donors (Lipinski definition) is 0. The van der Waals surface area contributed by atoms with E-state index in [1.165, 1.54) is 12.8 Å². The summed E-state index contributed by atoms with van der Waals surface area (Å²) in [6.45, 7) is 14.6. The molecule has 0 radical (unpaired) electrons. The van der Waals surface area contributed by atoms with Crippen molar-refractivity contribution in [3.05, 3.63) is 0 Å². The van der Waals surface area contributed by atoms with Crippen LogP contribution in [0.3, 0.4) is 0 Å². The van der Waals surface area contributed by atoms with Crippen molar-refractivity contribution < 1.29 is 32.5 Å². The van der Waals surface area contributed by atoms with Gasteiger partial charge in [-0.25, -0.2) is 0 Å². The summed E-state index contributed by atoms with van der Waals surface area (Å²) in [4.78, 5) is 0. The van der Waals surface area contributed by atoms with E-state index in [2.05, 4.69) is 40.8 Å². The van der Waals surface area contributed by atoms with Crippen LogP contribution in [0, 0.1) is 0 Å². The number of halogens is 1. The van der Waals surface area contributed by atoms with Gasteiger partial charge in [-0.1, -0.05) is 0 Å². The molecular formula is C13H27ClHgO2Si. The summed E-state index contributed by atoms with van der Waals surface area (Å²) in [5.41, 5.74) is 0. The van der Waals surface area contributed by atoms with Crippen LogP contribution in [0.1, 0.15) is 40.5 Å². The maximum absolute atomic E-state index is 6.50. The van der Waals surface area contributed by atoms with E-state index in [1.54, 1.807) is 0 Å². The monoisotopic (exact) mass is 480 g/mol. The molecule has 104 valence electrons. The van der Waals surface area contributed by atoms with Crippen molar-refractivity contribution in [3.8, 4) is 0 Å². The molecule has 0 aromatic rings. The Morgan fingerprint density at radius 1 is 1.39 bits per heavy atom. The zero-order valence-corrected chi connectivity index (χ0v) is 20.0. The van der Waals surface area contributed by atoms with Gasteiger partial charge in [0.15, 0.2) is 0 Å². The van der Waals surface area contributed by atoms with E-state index in [0.717, 1.165) is 6.61 Å². The minimum atomic E-state index is -1.68. The number of rotatable bonds is 5. The first-order chi connectivity index (χ1) is 8.19. The minimum absolute atomic E-state index is 0.269. The first-order valence-corrected chi connectivity index (χ1v) is 19.9. The van der Waals surface area contributed by atoms with Crippen molar-refractivity contribution >= 4 is 16.6 Å². The summed E-state index contributed by atoms with van der Waals surface area (Å²) >= 11 is -1.36. The molecule has 1 aliphatic heterocycles. The van der Waals surface area contributed by atoms with Crippen molar-refractivity contribution in [2.45, 2.75) is 74.3 Å². The Balaban J connectivity index is 2.64. The van der Waals surface area contributed by atoms with E-state index in [4.69, 9.17) is 17.4 Å². The van der Waals surface area contributed by atoms with E-state index in [9.17, 15) is 0 Å². The average molecular weight is 479 g/mol. The van der Waals surface area contributed by atoms with Crippen LogP contribution in [-0.4, -0.2) is 27.1 Å². The molecule has 1 aliphatic rings.